The highest BCUT2D eigenvalue weighted by Crippen LogP contribution is 2.16. The largest absolute Gasteiger partial charge is 0.468 e. The molecule has 2 rings (SSSR count). The van der Waals surface area contributed by atoms with E-state index in [-0.39, 0.29) is 0 Å². The summed E-state index contributed by atoms with van der Waals surface area (Å²) in [5, 5.41) is 3.36. The van der Waals surface area contributed by atoms with E-state index in [1.165, 1.54) is 4.88 Å². The minimum absolute atomic E-state index is 0.326. The molecule has 2 aromatic heterocycles. The fraction of sp³-hybridized carbons (Fsp3) is 0.300. The normalized spacial score (nSPS) is 12.9. The van der Waals surface area contributed by atoms with Gasteiger partial charge in [-0.2, -0.15) is 0 Å². The molecule has 2 aromatic rings. The molecule has 0 bridgehead atoms. The topological polar surface area (TPSA) is 38.1 Å². The van der Waals surface area contributed by atoms with Gasteiger partial charge < -0.3 is 9.73 Å². The van der Waals surface area contributed by atoms with Crippen LogP contribution in [0.3, 0.4) is 0 Å². The van der Waals surface area contributed by atoms with Crippen LogP contribution in [-0.4, -0.2) is 4.98 Å². The minimum atomic E-state index is 0.326. The molecule has 2 heterocycles. The molecule has 0 aliphatic rings. The number of thiazole rings is 1. The second-order valence-corrected chi connectivity index (χ2v) is 4.00. The molecule has 14 heavy (non-hydrogen) atoms. The van der Waals surface area contributed by atoms with Crippen LogP contribution in [0.25, 0.3) is 0 Å². The first-order valence-electron chi connectivity index (χ1n) is 4.50. The quantitative estimate of drug-likeness (QED) is 0.839. The van der Waals surface area contributed by atoms with E-state index < -0.39 is 0 Å². The third-order valence-corrected chi connectivity index (χ3v) is 3.00. The Kier molecular flexibility index (Phi) is 2.96. The lowest BCUT2D eigenvalue weighted by Gasteiger charge is -2.09. The number of nitrogens with zero attached hydrogens (tertiary/aromatic N) is 1. The molecular formula is C10H12N2OS. The van der Waals surface area contributed by atoms with E-state index >= 15 is 0 Å². The maximum Gasteiger partial charge on any atom is 0.117 e. The third-order valence-electron chi connectivity index (χ3n) is 2.04. The lowest BCUT2D eigenvalue weighted by molar-refractivity contribution is 0.462. The molecular weight excluding hydrogens is 196 g/mol. The van der Waals surface area contributed by atoms with Crippen molar-refractivity contribution in [3.63, 3.8) is 0 Å². The van der Waals surface area contributed by atoms with Gasteiger partial charge in [0.25, 0.3) is 0 Å². The van der Waals surface area contributed by atoms with Gasteiger partial charge in [-0.3, -0.25) is 4.98 Å². The lowest BCUT2D eigenvalue weighted by atomic mass is 10.3. The Bertz CT molecular complexity index is 355. The molecule has 4 heteroatoms. The number of aromatic nitrogens is 1. The Morgan fingerprint density at radius 2 is 2.57 bits per heavy atom. The van der Waals surface area contributed by atoms with Crippen molar-refractivity contribution in [3.8, 4) is 0 Å². The van der Waals surface area contributed by atoms with Gasteiger partial charge in [0.2, 0.25) is 0 Å². The molecule has 1 unspecified atom stereocenters. The van der Waals surface area contributed by atoms with Crippen molar-refractivity contribution in [3.05, 3.63) is 40.7 Å². The van der Waals surface area contributed by atoms with Crippen LogP contribution in [0.2, 0.25) is 0 Å². The van der Waals surface area contributed by atoms with Gasteiger partial charge in [0.05, 0.1) is 18.3 Å². The summed E-state index contributed by atoms with van der Waals surface area (Å²) in [5.41, 5.74) is 1.85. The summed E-state index contributed by atoms with van der Waals surface area (Å²) < 4.78 is 5.23. The molecule has 0 fully saturated rings. The summed E-state index contributed by atoms with van der Waals surface area (Å²) in [7, 11) is 0. The highest BCUT2D eigenvalue weighted by Gasteiger charge is 2.06. The van der Waals surface area contributed by atoms with Crippen LogP contribution in [0.5, 0.6) is 0 Å². The smallest absolute Gasteiger partial charge is 0.117 e. The molecule has 3 nitrogen and oxygen atoms in total. The van der Waals surface area contributed by atoms with Gasteiger partial charge in [-0.1, -0.05) is 0 Å². The zero-order valence-corrected chi connectivity index (χ0v) is 8.75. The van der Waals surface area contributed by atoms with Crippen molar-refractivity contribution >= 4 is 11.3 Å². The van der Waals surface area contributed by atoms with Crippen LogP contribution in [0, 0.1) is 0 Å². The van der Waals surface area contributed by atoms with Crippen molar-refractivity contribution in [1.82, 2.24) is 10.3 Å². The van der Waals surface area contributed by atoms with Gasteiger partial charge >= 0.3 is 0 Å². The lowest BCUT2D eigenvalue weighted by Crippen LogP contribution is -2.16. The summed E-state index contributed by atoms with van der Waals surface area (Å²) in [6, 6.07) is 4.19. The van der Waals surface area contributed by atoms with Gasteiger partial charge in [-0.25, -0.2) is 0 Å². The molecule has 0 amide bonds. The molecule has 1 N–H and O–H groups in total. The average molecular weight is 208 g/mol. The SMILES string of the molecule is CC(NCc1ccco1)c1cncs1. The van der Waals surface area contributed by atoms with Gasteiger partial charge in [-0.15, -0.1) is 11.3 Å². The summed E-state index contributed by atoms with van der Waals surface area (Å²) >= 11 is 1.66. The van der Waals surface area contributed by atoms with Gasteiger partial charge in [-0.05, 0) is 19.1 Å². The third kappa shape index (κ3) is 2.21. The maximum absolute atomic E-state index is 5.23. The average Bonchev–Trinajstić information content (AvgIpc) is 2.87. The zero-order valence-electron chi connectivity index (χ0n) is 7.93. The number of hydrogen-bond donors (Lipinski definition) is 1. The summed E-state index contributed by atoms with van der Waals surface area (Å²) in [6.45, 7) is 2.88. The van der Waals surface area contributed by atoms with Crippen molar-refractivity contribution in [2.24, 2.45) is 0 Å². The monoisotopic (exact) mass is 208 g/mol. The van der Waals surface area contributed by atoms with Crippen LogP contribution >= 0.6 is 11.3 Å². The summed E-state index contributed by atoms with van der Waals surface area (Å²) in [6.07, 6.45) is 3.58. The molecule has 0 saturated heterocycles. The zero-order chi connectivity index (χ0) is 9.80. The van der Waals surface area contributed by atoms with Gasteiger partial charge in [0.1, 0.15) is 5.76 Å². The molecule has 0 spiro atoms. The van der Waals surface area contributed by atoms with E-state index in [0.717, 1.165) is 12.3 Å². The second-order valence-electron chi connectivity index (χ2n) is 3.09. The maximum atomic E-state index is 5.23. The molecule has 0 radical (unpaired) electrons. The van der Waals surface area contributed by atoms with Crippen LogP contribution in [0.15, 0.2) is 34.5 Å². The van der Waals surface area contributed by atoms with Crippen molar-refractivity contribution in [2.75, 3.05) is 0 Å². The van der Waals surface area contributed by atoms with Crippen LogP contribution < -0.4 is 5.32 Å². The van der Waals surface area contributed by atoms with Crippen molar-refractivity contribution in [1.29, 1.82) is 0 Å². The Hall–Kier alpha value is -1.13. The van der Waals surface area contributed by atoms with E-state index in [0.29, 0.717) is 6.04 Å². The molecule has 74 valence electrons. The second kappa shape index (κ2) is 4.39. The summed E-state index contributed by atoms with van der Waals surface area (Å²) in [5.74, 6) is 0.960. The van der Waals surface area contributed by atoms with Crippen LogP contribution in [-0.2, 0) is 6.54 Å². The van der Waals surface area contributed by atoms with Crippen molar-refractivity contribution in [2.45, 2.75) is 19.5 Å². The molecule has 0 aliphatic heterocycles. The Labute approximate surface area is 86.8 Å². The van der Waals surface area contributed by atoms with Crippen LogP contribution in [0.1, 0.15) is 23.6 Å². The Morgan fingerprint density at radius 3 is 3.21 bits per heavy atom. The number of hydrogen-bond acceptors (Lipinski definition) is 4. The Balaban J connectivity index is 1.87. The van der Waals surface area contributed by atoms with Crippen LogP contribution in [0.4, 0.5) is 0 Å². The first kappa shape index (κ1) is 9.43. The highest BCUT2D eigenvalue weighted by molar-refractivity contribution is 7.09. The van der Waals surface area contributed by atoms with Crippen molar-refractivity contribution < 1.29 is 4.42 Å². The predicted octanol–water partition coefficient (Wildman–Crippen LogP) is 2.59. The number of furan rings is 1. The number of rotatable bonds is 4. The standard InChI is InChI=1S/C10H12N2OS/c1-8(10-6-11-7-14-10)12-5-9-3-2-4-13-9/h2-4,6-8,12H,5H2,1H3. The van der Waals surface area contributed by atoms with E-state index in [4.69, 9.17) is 4.42 Å². The van der Waals surface area contributed by atoms with Gasteiger partial charge in [0.15, 0.2) is 0 Å². The molecule has 0 aliphatic carbocycles. The molecule has 0 saturated carbocycles. The number of nitrogens with one attached hydrogen (secondary N) is 1. The fourth-order valence-corrected chi connectivity index (χ4v) is 1.86. The van der Waals surface area contributed by atoms with E-state index in [9.17, 15) is 0 Å². The highest BCUT2D eigenvalue weighted by atomic mass is 32.1. The van der Waals surface area contributed by atoms with E-state index in [2.05, 4.69) is 17.2 Å². The molecule has 0 aromatic carbocycles. The predicted molar refractivity (Wildman–Crippen MR) is 56.1 cm³/mol. The van der Waals surface area contributed by atoms with E-state index in [1.807, 2.05) is 23.8 Å². The van der Waals surface area contributed by atoms with E-state index in [1.54, 1.807) is 17.6 Å². The summed E-state index contributed by atoms with van der Waals surface area (Å²) in [4.78, 5) is 5.29. The minimum Gasteiger partial charge on any atom is -0.468 e. The fourth-order valence-electron chi connectivity index (χ4n) is 1.21. The molecule has 1 atom stereocenters. The van der Waals surface area contributed by atoms with Gasteiger partial charge in [0, 0.05) is 17.1 Å². The first-order chi connectivity index (χ1) is 6.86. The first-order valence-corrected chi connectivity index (χ1v) is 5.38. The Morgan fingerprint density at radius 1 is 1.64 bits per heavy atom.